The molecule has 1 aromatic heterocycles. The number of hydrogen-bond donors (Lipinski definition) is 0. The van der Waals surface area contributed by atoms with Crippen molar-refractivity contribution in [2.24, 2.45) is 0 Å². The van der Waals surface area contributed by atoms with Crippen molar-refractivity contribution in [3.8, 4) is 0 Å². The van der Waals surface area contributed by atoms with E-state index >= 15 is 0 Å². The summed E-state index contributed by atoms with van der Waals surface area (Å²) in [6.07, 6.45) is 4.35. The molecule has 1 aromatic rings. The lowest BCUT2D eigenvalue weighted by molar-refractivity contribution is 0.614. The summed E-state index contributed by atoms with van der Waals surface area (Å²) < 4.78 is 13.1. The molecule has 0 bridgehead atoms. The molecule has 0 radical (unpaired) electrons. The van der Waals surface area contributed by atoms with E-state index in [0.717, 1.165) is 23.6 Å². The number of nitrogens with zero attached hydrogens (tertiary/aromatic N) is 2. The summed E-state index contributed by atoms with van der Waals surface area (Å²) in [6, 6.07) is 1.85. The molecule has 1 heterocycles. The Labute approximate surface area is 112 Å². The Bertz CT molecular complexity index is 362. The zero-order valence-corrected chi connectivity index (χ0v) is 12.0. The minimum atomic E-state index is -0.337. The minimum absolute atomic E-state index is 0.278. The van der Waals surface area contributed by atoms with Gasteiger partial charge in [0.1, 0.15) is 11.6 Å². The quantitative estimate of drug-likeness (QED) is 0.740. The first kappa shape index (κ1) is 14.6. The molecule has 0 saturated heterocycles. The number of anilines is 1. The van der Waals surface area contributed by atoms with E-state index in [0.29, 0.717) is 6.04 Å². The van der Waals surface area contributed by atoms with E-state index < -0.39 is 0 Å². The molecule has 96 valence electrons. The van der Waals surface area contributed by atoms with Crippen LogP contribution in [0.25, 0.3) is 0 Å². The third-order valence-corrected chi connectivity index (χ3v) is 3.77. The third-order valence-electron chi connectivity index (χ3n) is 2.77. The molecule has 0 aromatic carbocycles. The van der Waals surface area contributed by atoms with Crippen molar-refractivity contribution in [2.45, 2.75) is 25.3 Å². The molecule has 0 aliphatic heterocycles. The van der Waals surface area contributed by atoms with E-state index in [-0.39, 0.29) is 11.7 Å². The first-order chi connectivity index (χ1) is 8.13. The van der Waals surface area contributed by atoms with Gasteiger partial charge < -0.3 is 4.90 Å². The van der Waals surface area contributed by atoms with Crippen LogP contribution in [0.5, 0.6) is 0 Å². The predicted octanol–water partition coefficient (Wildman–Crippen LogP) is 3.54. The van der Waals surface area contributed by atoms with Crippen molar-refractivity contribution >= 4 is 29.2 Å². The smallest absolute Gasteiger partial charge is 0.141 e. The predicted molar refractivity (Wildman–Crippen MR) is 74.6 cm³/mol. The van der Waals surface area contributed by atoms with E-state index in [1.165, 1.54) is 12.3 Å². The van der Waals surface area contributed by atoms with Crippen LogP contribution in [0.4, 0.5) is 10.2 Å². The van der Waals surface area contributed by atoms with Crippen LogP contribution < -0.4 is 4.90 Å². The van der Waals surface area contributed by atoms with Gasteiger partial charge in [-0.15, -0.1) is 11.6 Å². The molecule has 2 nitrogen and oxygen atoms in total. The second-order valence-corrected chi connectivity index (χ2v) is 5.08. The Kier molecular flexibility index (Phi) is 6.06. The van der Waals surface area contributed by atoms with Crippen LogP contribution in [-0.4, -0.2) is 30.1 Å². The zero-order valence-electron chi connectivity index (χ0n) is 10.4. The molecular weight excluding hydrogens is 259 g/mol. The molecule has 0 aliphatic rings. The lowest BCUT2D eigenvalue weighted by atomic mass is 10.2. The Hall–Kier alpha value is -0.480. The van der Waals surface area contributed by atoms with Gasteiger partial charge in [-0.2, -0.15) is 11.8 Å². The van der Waals surface area contributed by atoms with Crippen LogP contribution in [0, 0.1) is 5.82 Å². The molecule has 1 atom stereocenters. The van der Waals surface area contributed by atoms with Gasteiger partial charge >= 0.3 is 0 Å². The number of rotatable bonds is 6. The van der Waals surface area contributed by atoms with Crippen LogP contribution in [-0.2, 0) is 5.88 Å². The fraction of sp³-hybridized carbons (Fsp3) is 0.583. The first-order valence-corrected chi connectivity index (χ1v) is 7.49. The Morgan fingerprint density at radius 2 is 2.29 bits per heavy atom. The molecule has 1 unspecified atom stereocenters. The highest BCUT2D eigenvalue weighted by atomic mass is 35.5. The van der Waals surface area contributed by atoms with Crippen molar-refractivity contribution in [1.82, 2.24) is 4.98 Å². The average Bonchev–Trinajstić information content (AvgIpc) is 2.34. The minimum Gasteiger partial charge on any atom is -0.356 e. The maximum absolute atomic E-state index is 13.1. The normalized spacial score (nSPS) is 12.5. The average molecular weight is 277 g/mol. The van der Waals surface area contributed by atoms with Gasteiger partial charge in [-0.1, -0.05) is 6.92 Å². The highest BCUT2D eigenvalue weighted by molar-refractivity contribution is 7.98. The standard InChI is InChI=1S/C12H18ClFN2S/c1-4-11(8-17-3)16(2)12-9(6-13)5-10(14)7-15-12/h5,7,11H,4,6,8H2,1-3H3. The van der Waals surface area contributed by atoms with Gasteiger partial charge in [0, 0.05) is 24.4 Å². The van der Waals surface area contributed by atoms with Crippen LogP contribution >= 0.6 is 23.4 Å². The van der Waals surface area contributed by atoms with Gasteiger partial charge in [-0.05, 0) is 18.7 Å². The van der Waals surface area contributed by atoms with Crippen molar-refractivity contribution in [2.75, 3.05) is 24.0 Å². The lowest BCUT2D eigenvalue weighted by Gasteiger charge is -2.29. The molecule has 0 saturated carbocycles. The van der Waals surface area contributed by atoms with Crippen LogP contribution in [0.3, 0.4) is 0 Å². The summed E-state index contributed by atoms with van der Waals surface area (Å²) in [4.78, 5) is 6.25. The highest BCUT2D eigenvalue weighted by Gasteiger charge is 2.17. The molecule has 1 rings (SSSR count). The maximum atomic E-state index is 13.1. The number of thioether (sulfide) groups is 1. The number of halogens is 2. The van der Waals surface area contributed by atoms with Gasteiger partial charge in [-0.3, -0.25) is 0 Å². The van der Waals surface area contributed by atoms with E-state index in [4.69, 9.17) is 11.6 Å². The zero-order chi connectivity index (χ0) is 12.8. The second-order valence-electron chi connectivity index (χ2n) is 3.90. The van der Waals surface area contributed by atoms with E-state index in [2.05, 4.69) is 23.1 Å². The van der Waals surface area contributed by atoms with Crippen molar-refractivity contribution in [1.29, 1.82) is 0 Å². The molecule has 0 N–H and O–H groups in total. The summed E-state index contributed by atoms with van der Waals surface area (Å²) in [5.41, 5.74) is 0.744. The Morgan fingerprint density at radius 3 is 2.82 bits per heavy atom. The third kappa shape index (κ3) is 3.75. The summed E-state index contributed by atoms with van der Waals surface area (Å²) >= 11 is 7.63. The Balaban J connectivity index is 2.97. The van der Waals surface area contributed by atoms with Gasteiger partial charge in [0.15, 0.2) is 0 Å². The summed E-state index contributed by atoms with van der Waals surface area (Å²) in [5, 5.41) is 0. The lowest BCUT2D eigenvalue weighted by Crippen LogP contribution is -2.34. The summed E-state index contributed by atoms with van der Waals surface area (Å²) in [6.45, 7) is 2.14. The van der Waals surface area contributed by atoms with E-state index in [1.807, 2.05) is 7.05 Å². The summed E-state index contributed by atoms with van der Waals surface area (Å²) in [5.74, 6) is 1.74. The molecule has 0 fully saturated rings. The van der Waals surface area contributed by atoms with Crippen LogP contribution in [0.1, 0.15) is 18.9 Å². The number of hydrogen-bond acceptors (Lipinski definition) is 3. The fourth-order valence-electron chi connectivity index (χ4n) is 1.76. The van der Waals surface area contributed by atoms with Crippen molar-refractivity contribution in [3.63, 3.8) is 0 Å². The van der Waals surface area contributed by atoms with Crippen LogP contribution in [0.2, 0.25) is 0 Å². The number of aromatic nitrogens is 1. The van der Waals surface area contributed by atoms with Crippen molar-refractivity contribution < 1.29 is 4.39 Å². The molecule has 0 aliphatic carbocycles. The number of alkyl halides is 1. The topological polar surface area (TPSA) is 16.1 Å². The second kappa shape index (κ2) is 7.07. The van der Waals surface area contributed by atoms with Gasteiger partial charge in [-0.25, -0.2) is 9.37 Å². The fourth-order valence-corrected chi connectivity index (χ4v) is 2.80. The molecule has 0 spiro atoms. The summed E-state index contributed by atoms with van der Waals surface area (Å²) in [7, 11) is 1.99. The van der Waals surface area contributed by atoms with Crippen molar-refractivity contribution in [3.05, 3.63) is 23.6 Å². The largest absolute Gasteiger partial charge is 0.356 e. The maximum Gasteiger partial charge on any atom is 0.141 e. The van der Waals surface area contributed by atoms with Gasteiger partial charge in [0.2, 0.25) is 0 Å². The molecule has 0 amide bonds. The molecular formula is C12H18ClFN2S. The van der Waals surface area contributed by atoms with Gasteiger partial charge in [0.05, 0.1) is 12.1 Å². The van der Waals surface area contributed by atoms with Crippen LogP contribution in [0.15, 0.2) is 12.3 Å². The van der Waals surface area contributed by atoms with Gasteiger partial charge in [0.25, 0.3) is 0 Å². The molecule has 5 heteroatoms. The first-order valence-electron chi connectivity index (χ1n) is 5.56. The highest BCUT2D eigenvalue weighted by Crippen LogP contribution is 2.23. The Morgan fingerprint density at radius 1 is 1.59 bits per heavy atom. The van der Waals surface area contributed by atoms with E-state index in [9.17, 15) is 4.39 Å². The SMILES string of the molecule is CCC(CSC)N(C)c1ncc(F)cc1CCl. The number of pyridine rings is 1. The monoisotopic (exact) mass is 276 g/mol. The molecule has 17 heavy (non-hydrogen) atoms. The van der Waals surface area contributed by atoms with E-state index in [1.54, 1.807) is 11.8 Å².